The molecule has 2 rings (SSSR count). The van der Waals surface area contributed by atoms with E-state index < -0.39 is 0 Å². The third-order valence-electron chi connectivity index (χ3n) is 2.34. The molecule has 0 aromatic carbocycles. The number of nitrogens with one attached hydrogen (secondary N) is 1. The Morgan fingerprint density at radius 2 is 2.05 bits per heavy atom. The molecular formula is C13H12Br2N4O2S. The zero-order valence-corrected chi connectivity index (χ0v) is 15.7. The molecule has 2 aromatic heterocycles. The first-order valence-corrected chi connectivity index (χ1v) is 8.73. The Balaban J connectivity index is 1.83. The molecule has 9 heteroatoms. The van der Waals surface area contributed by atoms with Gasteiger partial charge in [-0.15, -0.1) is 0 Å². The van der Waals surface area contributed by atoms with Gasteiger partial charge in [0.15, 0.2) is 9.83 Å². The number of carbonyl (C=O) groups is 1. The molecule has 0 atom stereocenters. The van der Waals surface area contributed by atoms with Gasteiger partial charge in [0.2, 0.25) is 0 Å². The van der Waals surface area contributed by atoms with Crippen molar-refractivity contribution in [2.75, 3.05) is 5.75 Å². The molecule has 0 unspecified atom stereocenters. The Hall–Kier alpha value is -1.19. The number of furan rings is 1. The predicted molar refractivity (Wildman–Crippen MR) is 92.1 cm³/mol. The molecular weight excluding hydrogens is 436 g/mol. The summed E-state index contributed by atoms with van der Waals surface area (Å²) in [6.45, 7) is 3.78. The molecule has 0 bridgehead atoms. The highest BCUT2D eigenvalue weighted by Crippen LogP contribution is 2.25. The molecule has 0 aliphatic heterocycles. The number of rotatable bonds is 5. The summed E-state index contributed by atoms with van der Waals surface area (Å²) >= 11 is 7.77. The van der Waals surface area contributed by atoms with Crippen LogP contribution < -0.4 is 5.43 Å². The van der Waals surface area contributed by atoms with E-state index in [2.05, 4.69) is 52.4 Å². The highest BCUT2D eigenvalue weighted by atomic mass is 79.9. The summed E-state index contributed by atoms with van der Waals surface area (Å²) in [5.74, 6) is 0.462. The first kappa shape index (κ1) is 17.2. The maximum Gasteiger partial charge on any atom is 0.250 e. The topological polar surface area (TPSA) is 80.4 Å². The standard InChI is InChI=1S/C13H12Br2N4O2S/c1-7-3-8(2)18-13(17-7)22-6-11(20)19-16-5-9-4-10(14)12(15)21-9/h3-5H,6H2,1-2H3,(H,19,20)/b16-5-. The summed E-state index contributed by atoms with van der Waals surface area (Å²) in [5.41, 5.74) is 4.18. The zero-order valence-electron chi connectivity index (χ0n) is 11.8. The van der Waals surface area contributed by atoms with Crippen LogP contribution in [0, 0.1) is 13.8 Å². The first-order valence-electron chi connectivity index (χ1n) is 6.16. The fourth-order valence-electron chi connectivity index (χ4n) is 1.52. The number of carbonyl (C=O) groups excluding carboxylic acids is 1. The van der Waals surface area contributed by atoms with Crippen LogP contribution in [0.15, 0.2) is 35.9 Å². The Morgan fingerprint density at radius 3 is 2.64 bits per heavy atom. The average molecular weight is 448 g/mol. The van der Waals surface area contributed by atoms with Gasteiger partial charge in [-0.1, -0.05) is 11.8 Å². The Labute approximate surface area is 148 Å². The van der Waals surface area contributed by atoms with Crippen LogP contribution in [0.1, 0.15) is 17.1 Å². The Morgan fingerprint density at radius 1 is 1.36 bits per heavy atom. The number of nitrogens with zero attached hydrogens (tertiary/aromatic N) is 3. The largest absolute Gasteiger partial charge is 0.447 e. The third-order valence-corrected chi connectivity index (χ3v) is 4.90. The van der Waals surface area contributed by atoms with Crippen molar-refractivity contribution in [3.05, 3.63) is 38.4 Å². The lowest BCUT2D eigenvalue weighted by Gasteiger charge is -2.02. The second kappa shape index (κ2) is 7.89. The fraction of sp³-hybridized carbons (Fsp3) is 0.231. The Kier molecular flexibility index (Phi) is 6.16. The maximum atomic E-state index is 11.7. The van der Waals surface area contributed by atoms with E-state index in [0.29, 0.717) is 15.6 Å². The molecule has 2 heterocycles. The van der Waals surface area contributed by atoms with Gasteiger partial charge >= 0.3 is 0 Å². The van der Waals surface area contributed by atoms with Crippen molar-refractivity contribution in [3.63, 3.8) is 0 Å². The van der Waals surface area contributed by atoms with Gasteiger partial charge in [0, 0.05) is 17.5 Å². The lowest BCUT2D eigenvalue weighted by Crippen LogP contribution is -2.19. The van der Waals surface area contributed by atoms with Crippen LogP contribution in [-0.2, 0) is 4.79 Å². The van der Waals surface area contributed by atoms with Gasteiger partial charge in [-0.05, 0) is 51.8 Å². The van der Waals surface area contributed by atoms with Crippen LogP contribution in [-0.4, -0.2) is 27.8 Å². The predicted octanol–water partition coefficient (Wildman–Crippen LogP) is 3.45. The molecule has 0 spiro atoms. The number of thioether (sulfide) groups is 1. The van der Waals surface area contributed by atoms with Gasteiger partial charge in [0.1, 0.15) is 5.76 Å². The van der Waals surface area contributed by atoms with E-state index in [1.807, 2.05) is 19.9 Å². The van der Waals surface area contributed by atoms with Crippen molar-refractivity contribution in [2.45, 2.75) is 19.0 Å². The molecule has 0 fully saturated rings. The van der Waals surface area contributed by atoms with Gasteiger partial charge < -0.3 is 4.42 Å². The summed E-state index contributed by atoms with van der Waals surface area (Å²) in [4.78, 5) is 20.2. The molecule has 0 radical (unpaired) electrons. The van der Waals surface area contributed by atoms with E-state index in [1.54, 1.807) is 6.07 Å². The van der Waals surface area contributed by atoms with E-state index in [9.17, 15) is 4.79 Å². The molecule has 0 saturated heterocycles. The molecule has 22 heavy (non-hydrogen) atoms. The average Bonchev–Trinajstić information content (AvgIpc) is 2.74. The molecule has 2 aromatic rings. The Bertz CT molecular complexity index is 678. The van der Waals surface area contributed by atoms with Crippen LogP contribution in [0.2, 0.25) is 0 Å². The second-order valence-electron chi connectivity index (χ2n) is 4.29. The minimum Gasteiger partial charge on any atom is -0.447 e. The van der Waals surface area contributed by atoms with Crippen LogP contribution in [0.3, 0.4) is 0 Å². The van der Waals surface area contributed by atoms with Crippen molar-refractivity contribution in [2.24, 2.45) is 5.10 Å². The zero-order chi connectivity index (χ0) is 16.1. The van der Waals surface area contributed by atoms with Gasteiger partial charge in [0.05, 0.1) is 16.4 Å². The number of halogens is 2. The molecule has 1 N–H and O–H groups in total. The SMILES string of the molecule is Cc1cc(C)nc(SCC(=O)N/N=C\c2cc(Br)c(Br)o2)n1. The van der Waals surface area contributed by atoms with Crippen LogP contribution in [0.5, 0.6) is 0 Å². The minimum atomic E-state index is -0.242. The van der Waals surface area contributed by atoms with Gasteiger partial charge in [-0.25, -0.2) is 15.4 Å². The lowest BCUT2D eigenvalue weighted by molar-refractivity contribution is -0.118. The van der Waals surface area contributed by atoms with Crippen LogP contribution >= 0.6 is 43.6 Å². The lowest BCUT2D eigenvalue weighted by atomic mass is 10.4. The number of amides is 1. The molecule has 116 valence electrons. The summed E-state index contributed by atoms with van der Waals surface area (Å²) in [7, 11) is 0. The molecule has 0 aliphatic rings. The summed E-state index contributed by atoms with van der Waals surface area (Å²) in [5, 5.41) is 4.41. The van der Waals surface area contributed by atoms with Crippen molar-refractivity contribution in [1.29, 1.82) is 0 Å². The monoisotopic (exact) mass is 446 g/mol. The van der Waals surface area contributed by atoms with Crippen molar-refractivity contribution >= 4 is 55.7 Å². The van der Waals surface area contributed by atoms with Gasteiger partial charge in [-0.3, -0.25) is 4.79 Å². The van der Waals surface area contributed by atoms with Crippen molar-refractivity contribution in [3.8, 4) is 0 Å². The van der Waals surface area contributed by atoms with Gasteiger partial charge in [-0.2, -0.15) is 5.10 Å². The first-order chi connectivity index (χ1) is 10.4. The highest BCUT2D eigenvalue weighted by Gasteiger charge is 2.06. The van der Waals surface area contributed by atoms with E-state index in [-0.39, 0.29) is 11.7 Å². The van der Waals surface area contributed by atoms with E-state index in [1.165, 1.54) is 18.0 Å². The van der Waals surface area contributed by atoms with Crippen molar-refractivity contribution < 1.29 is 9.21 Å². The van der Waals surface area contributed by atoms with E-state index in [0.717, 1.165) is 15.9 Å². The van der Waals surface area contributed by atoms with Gasteiger partial charge in [0.25, 0.3) is 5.91 Å². The summed E-state index contributed by atoms with van der Waals surface area (Å²) < 4.78 is 6.65. The highest BCUT2D eigenvalue weighted by molar-refractivity contribution is 9.13. The molecule has 0 aliphatic carbocycles. The summed E-state index contributed by atoms with van der Waals surface area (Å²) in [6, 6.07) is 3.62. The van der Waals surface area contributed by atoms with E-state index >= 15 is 0 Å². The smallest absolute Gasteiger partial charge is 0.250 e. The fourth-order valence-corrected chi connectivity index (χ4v) is 2.87. The normalized spacial score (nSPS) is 11.1. The number of hydrogen-bond donors (Lipinski definition) is 1. The quantitative estimate of drug-likeness (QED) is 0.328. The third kappa shape index (κ3) is 5.22. The maximum absolute atomic E-state index is 11.7. The minimum absolute atomic E-state index is 0.186. The molecule has 0 saturated carbocycles. The summed E-state index contributed by atoms with van der Waals surface area (Å²) in [6.07, 6.45) is 1.42. The molecule has 6 nitrogen and oxygen atoms in total. The number of aromatic nitrogens is 2. The van der Waals surface area contributed by atoms with Crippen molar-refractivity contribution in [1.82, 2.24) is 15.4 Å². The van der Waals surface area contributed by atoms with Crippen LogP contribution in [0.4, 0.5) is 0 Å². The number of aryl methyl sites for hydroxylation is 2. The number of hydrogen-bond acceptors (Lipinski definition) is 6. The number of hydrazone groups is 1. The molecule has 1 amide bonds. The second-order valence-corrected chi connectivity index (χ2v) is 6.80. The van der Waals surface area contributed by atoms with Crippen LogP contribution in [0.25, 0.3) is 0 Å². The van der Waals surface area contributed by atoms with E-state index in [4.69, 9.17) is 4.42 Å².